The monoisotopic (exact) mass is 259 g/mol. The van der Waals surface area contributed by atoms with Crippen LogP contribution in [0.3, 0.4) is 0 Å². The van der Waals surface area contributed by atoms with Gasteiger partial charge in [0, 0.05) is 19.0 Å². The van der Waals surface area contributed by atoms with E-state index in [9.17, 15) is 9.90 Å². The van der Waals surface area contributed by atoms with Crippen molar-refractivity contribution in [2.24, 2.45) is 11.8 Å². The average Bonchev–Trinajstić information content (AvgIpc) is 2.95. The molecule has 1 aliphatic heterocycles. The molecule has 3 atom stereocenters. The minimum absolute atomic E-state index is 0.192. The molecule has 1 N–H and O–H groups in total. The zero-order valence-corrected chi connectivity index (χ0v) is 11.4. The second-order valence-corrected chi connectivity index (χ2v) is 6.03. The van der Waals surface area contributed by atoms with Crippen molar-refractivity contribution in [3.63, 3.8) is 0 Å². The smallest absolute Gasteiger partial charge is 0.227 e. The Balaban J connectivity index is 1.61. The van der Waals surface area contributed by atoms with Gasteiger partial charge in [0.2, 0.25) is 5.91 Å². The van der Waals surface area contributed by atoms with Gasteiger partial charge in [-0.15, -0.1) is 0 Å². The Hall–Kier alpha value is -1.35. The predicted octanol–water partition coefficient (Wildman–Crippen LogP) is 1.77. The van der Waals surface area contributed by atoms with Crippen LogP contribution in [0.1, 0.15) is 24.0 Å². The molecule has 0 spiro atoms. The van der Waals surface area contributed by atoms with Gasteiger partial charge in [-0.3, -0.25) is 4.79 Å². The lowest BCUT2D eigenvalue weighted by atomic mass is 10.00. The zero-order chi connectivity index (χ0) is 13.4. The van der Waals surface area contributed by atoms with Gasteiger partial charge < -0.3 is 10.0 Å². The van der Waals surface area contributed by atoms with E-state index in [0.717, 1.165) is 31.5 Å². The highest BCUT2D eigenvalue weighted by molar-refractivity contribution is 5.79. The maximum Gasteiger partial charge on any atom is 0.227 e. The third-order valence-corrected chi connectivity index (χ3v) is 4.65. The molecule has 1 amide bonds. The summed E-state index contributed by atoms with van der Waals surface area (Å²) in [4.78, 5) is 14.2. The number of carbonyl (C=O) groups is 1. The first kappa shape index (κ1) is 12.7. The number of aryl methyl sites for hydroxylation is 1. The van der Waals surface area contributed by atoms with Crippen molar-refractivity contribution in [3.8, 4) is 0 Å². The highest BCUT2D eigenvalue weighted by Gasteiger charge is 2.43. The largest absolute Gasteiger partial charge is 0.393 e. The molecule has 3 rings (SSSR count). The number of hydrogen-bond acceptors (Lipinski definition) is 2. The standard InChI is InChI=1S/C16H21NO2/c1-11-2-4-12(5-3-11)8-16(19)17-9-13-6-7-15(18)14(13)10-17/h2-5,13-15,18H,6-10H2,1H3. The van der Waals surface area contributed by atoms with Crippen molar-refractivity contribution in [1.29, 1.82) is 0 Å². The van der Waals surface area contributed by atoms with E-state index < -0.39 is 0 Å². The molecule has 2 aliphatic rings. The van der Waals surface area contributed by atoms with Gasteiger partial charge in [-0.2, -0.15) is 0 Å². The van der Waals surface area contributed by atoms with Gasteiger partial charge in [-0.05, 0) is 31.2 Å². The highest BCUT2D eigenvalue weighted by Crippen LogP contribution is 2.38. The molecule has 1 aromatic rings. The molecule has 1 heterocycles. The van der Waals surface area contributed by atoms with E-state index in [2.05, 4.69) is 6.92 Å². The SMILES string of the molecule is Cc1ccc(CC(=O)N2CC3CCC(O)C3C2)cc1. The maximum absolute atomic E-state index is 12.3. The summed E-state index contributed by atoms with van der Waals surface area (Å²) in [5.41, 5.74) is 2.29. The van der Waals surface area contributed by atoms with Crippen LogP contribution in [0.5, 0.6) is 0 Å². The van der Waals surface area contributed by atoms with Crippen molar-refractivity contribution >= 4 is 5.91 Å². The fourth-order valence-corrected chi connectivity index (χ4v) is 3.43. The van der Waals surface area contributed by atoms with Crippen LogP contribution in [0.4, 0.5) is 0 Å². The van der Waals surface area contributed by atoms with Crippen molar-refractivity contribution in [3.05, 3.63) is 35.4 Å². The van der Waals surface area contributed by atoms with E-state index >= 15 is 0 Å². The highest BCUT2D eigenvalue weighted by atomic mass is 16.3. The first-order chi connectivity index (χ1) is 9.13. The van der Waals surface area contributed by atoms with Gasteiger partial charge in [-0.25, -0.2) is 0 Å². The average molecular weight is 259 g/mol. The third-order valence-electron chi connectivity index (χ3n) is 4.65. The molecule has 1 saturated carbocycles. The molecule has 102 valence electrons. The Morgan fingerprint density at radius 3 is 2.68 bits per heavy atom. The fourth-order valence-electron chi connectivity index (χ4n) is 3.43. The van der Waals surface area contributed by atoms with E-state index in [1.807, 2.05) is 29.2 Å². The molecule has 0 bridgehead atoms. The first-order valence-electron chi connectivity index (χ1n) is 7.15. The summed E-state index contributed by atoms with van der Waals surface area (Å²) >= 11 is 0. The van der Waals surface area contributed by atoms with Crippen molar-refractivity contribution in [1.82, 2.24) is 4.90 Å². The Kier molecular flexibility index (Phi) is 3.31. The lowest BCUT2D eigenvalue weighted by Crippen LogP contribution is -2.32. The number of aliphatic hydroxyl groups excluding tert-OH is 1. The first-order valence-corrected chi connectivity index (χ1v) is 7.15. The molecule has 0 radical (unpaired) electrons. The summed E-state index contributed by atoms with van der Waals surface area (Å²) in [7, 11) is 0. The molecule has 1 saturated heterocycles. The molecule has 0 aromatic heterocycles. The molecule has 3 nitrogen and oxygen atoms in total. The number of amides is 1. The Morgan fingerprint density at radius 2 is 2.00 bits per heavy atom. The molecule has 1 aliphatic carbocycles. The summed E-state index contributed by atoms with van der Waals surface area (Å²) < 4.78 is 0. The van der Waals surface area contributed by atoms with Crippen LogP contribution in [-0.4, -0.2) is 35.1 Å². The second-order valence-electron chi connectivity index (χ2n) is 6.03. The van der Waals surface area contributed by atoms with Crippen LogP contribution in [0, 0.1) is 18.8 Å². The third kappa shape index (κ3) is 2.52. The van der Waals surface area contributed by atoms with Crippen molar-refractivity contribution in [2.75, 3.05) is 13.1 Å². The molecule has 3 unspecified atom stereocenters. The number of rotatable bonds is 2. The molecule has 3 heteroatoms. The Bertz CT molecular complexity index is 468. The van der Waals surface area contributed by atoms with Gasteiger partial charge in [0.1, 0.15) is 0 Å². The van der Waals surface area contributed by atoms with Gasteiger partial charge in [0.25, 0.3) is 0 Å². The number of fused-ring (bicyclic) bond motifs is 1. The Morgan fingerprint density at radius 1 is 1.26 bits per heavy atom. The van der Waals surface area contributed by atoms with Crippen LogP contribution in [0.15, 0.2) is 24.3 Å². The van der Waals surface area contributed by atoms with Crippen LogP contribution < -0.4 is 0 Å². The Labute approximate surface area is 114 Å². The number of hydrogen-bond donors (Lipinski definition) is 1. The lowest BCUT2D eigenvalue weighted by molar-refractivity contribution is -0.129. The second kappa shape index (κ2) is 4.97. The van der Waals surface area contributed by atoms with Gasteiger partial charge in [0.15, 0.2) is 0 Å². The molecule has 19 heavy (non-hydrogen) atoms. The minimum atomic E-state index is -0.192. The van der Waals surface area contributed by atoms with E-state index in [0.29, 0.717) is 18.3 Å². The van der Waals surface area contributed by atoms with E-state index in [4.69, 9.17) is 0 Å². The lowest BCUT2D eigenvalue weighted by Gasteiger charge is -2.18. The van der Waals surface area contributed by atoms with Gasteiger partial charge in [0.05, 0.1) is 12.5 Å². The van der Waals surface area contributed by atoms with Crippen LogP contribution in [-0.2, 0) is 11.2 Å². The number of likely N-dealkylation sites (tertiary alicyclic amines) is 1. The molecule has 1 aromatic carbocycles. The van der Waals surface area contributed by atoms with Gasteiger partial charge in [-0.1, -0.05) is 29.8 Å². The topological polar surface area (TPSA) is 40.5 Å². The summed E-state index contributed by atoms with van der Waals surface area (Å²) in [6, 6.07) is 8.15. The molecule has 2 fully saturated rings. The maximum atomic E-state index is 12.3. The van der Waals surface area contributed by atoms with Gasteiger partial charge >= 0.3 is 0 Å². The quantitative estimate of drug-likeness (QED) is 0.879. The molecular weight excluding hydrogens is 238 g/mol. The fraction of sp³-hybridized carbons (Fsp3) is 0.562. The van der Waals surface area contributed by atoms with Crippen LogP contribution in [0.25, 0.3) is 0 Å². The van der Waals surface area contributed by atoms with E-state index in [-0.39, 0.29) is 12.0 Å². The minimum Gasteiger partial charge on any atom is -0.393 e. The molecular formula is C16H21NO2. The van der Waals surface area contributed by atoms with Crippen molar-refractivity contribution < 1.29 is 9.90 Å². The van der Waals surface area contributed by atoms with Crippen molar-refractivity contribution in [2.45, 2.75) is 32.3 Å². The number of carbonyl (C=O) groups excluding carboxylic acids is 1. The normalized spacial score (nSPS) is 29.6. The summed E-state index contributed by atoms with van der Waals surface area (Å²) in [6.45, 7) is 3.64. The summed E-state index contributed by atoms with van der Waals surface area (Å²) in [6.07, 6.45) is 2.27. The number of aliphatic hydroxyl groups is 1. The van der Waals surface area contributed by atoms with E-state index in [1.165, 1.54) is 5.56 Å². The number of benzene rings is 1. The predicted molar refractivity (Wildman–Crippen MR) is 73.7 cm³/mol. The zero-order valence-electron chi connectivity index (χ0n) is 11.4. The van der Waals surface area contributed by atoms with Crippen LogP contribution in [0.2, 0.25) is 0 Å². The van der Waals surface area contributed by atoms with Crippen LogP contribution >= 0.6 is 0 Å². The summed E-state index contributed by atoms with van der Waals surface area (Å²) in [5.74, 6) is 1.05. The summed E-state index contributed by atoms with van der Waals surface area (Å²) in [5, 5.41) is 9.88. The van der Waals surface area contributed by atoms with E-state index in [1.54, 1.807) is 0 Å². The number of nitrogens with zero attached hydrogens (tertiary/aromatic N) is 1.